The summed E-state index contributed by atoms with van der Waals surface area (Å²) < 4.78 is 47.4. The summed E-state index contributed by atoms with van der Waals surface area (Å²) in [6.07, 6.45) is -3.32. The van der Waals surface area contributed by atoms with E-state index in [0.717, 1.165) is 6.08 Å². The molecular weight excluding hydrogens is 148 g/mol. The SMILES string of the molecule is FC1=CCCC1C(F)(F)F. The van der Waals surface area contributed by atoms with E-state index in [-0.39, 0.29) is 12.8 Å². The zero-order valence-corrected chi connectivity index (χ0v) is 5.08. The highest BCUT2D eigenvalue weighted by Crippen LogP contribution is 2.39. The Kier molecular flexibility index (Phi) is 1.70. The minimum Gasteiger partial charge on any atom is -0.212 e. The second-order valence-electron chi connectivity index (χ2n) is 2.26. The molecule has 0 amide bonds. The van der Waals surface area contributed by atoms with Crippen molar-refractivity contribution in [2.75, 3.05) is 0 Å². The molecule has 0 bridgehead atoms. The fourth-order valence-corrected chi connectivity index (χ4v) is 0.988. The predicted octanol–water partition coefficient (Wildman–Crippen LogP) is 2.81. The summed E-state index contributed by atoms with van der Waals surface area (Å²) >= 11 is 0. The highest BCUT2D eigenvalue weighted by atomic mass is 19.4. The molecule has 0 aromatic rings. The van der Waals surface area contributed by atoms with Crippen LogP contribution in [0, 0.1) is 5.92 Å². The standard InChI is InChI=1S/C6H6F4/c7-5-3-1-2-4(5)6(8,9)10/h3-4H,1-2H2. The molecule has 1 aliphatic rings. The van der Waals surface area contributed by atoms with Gasteiger partial charge in [-0.2, -0.15) is 13.2 Å². The summed E-state index contributed by atoms with van der Waals surface area (Å²) in [6, 6.07) is 0. The first-order chi connectivity index (χ1) is 4.52. The molecule has 0 aromatic carbocycles. The third-order valence-corrected chi connectivity index (χ3v) is 1.52. The first-order valence-corrected chi connectivity index (χ1v) is 2.94. The molecule has 10 heavy (non-hydrogen) atoms. The molecule has 1 unspecified atom stereocenters. The Balaban J connectivity index is 2.67. The molecule has 58 valence electrons. The molecule has 0 radical (unpaired) electrons. The minimum absolute atomic E-state index is 0.130. The lowest BCUT2D eigenvalue weighted by atomic mass is 10.1. The van der Waals surface area contributed by atoms with E-state index >= 15 is 0 Å². The monoisotopic (exact) mass is 154 g/mol. The van der Waals surface area contributed by atoms with Crippen molar-refractivity contribution in [2.45, 2.75) is 19.0 Å². The van der Waals surface area contributed by atoms with Crippen molar-refractivity contribution in [1.29, 1.82) is 0 Å². The van der Waals surface area contributed by atoms with Gasteiger partial charge in [0.1, 0.15) is 11.7 Å². The van der Waals surface area contributed by atoms with Crippen LogP contribution in [0.2, 0.25) is 0 Å². The van der Waals surface area contributed by atoms with Crippen LogP contribution in [0.5, 0.6) is 0 Å². The fourth-order valence-electron chi connectivity index (χ4n) is 0.988. The van der Waals surface area contributed by atoms with Crippen molar-refractivity contribution >= 4 is 0 Å². The van der Waals surface area contributed by atoms with Gasteiger partial charge in [0.15, 0.2) is 0 Å². The highest BCUT2D eigenvalue weighted by Gasteiger charge is 2.43. The van der Waals surface area contributed by atoms with Crippen LogP contribution in [-0.4, -0.2) is 6.18 Å². The van der Waals surface area contributed by atoms with Gasteiger partial charge in [-0.15, -0.1) is 0 Å². The maximum atomic E-state index is 12.2. The largest absolute Gasteiger partial charge is 0.397 e. The summed E-state index contributed by atoms with van der Waals surface area (Å²) in [4.78, 5) is 0. The van der Waals surface area contributed by atoms with Crippen LogP contribution >= 0.6 is 0 Å². The third-order valence-electron chi connectivity index (χ3n) is 1.52. The minimum atomic E-state index is -4.39. The first-order valence-electron chi connectivity index (χ1n) is 2.94. The Morgan fingerprint density at radius 2 is 2.00 bits per heavy atom. The summed E-state index contributed by atoms with van der Waals surface area (Å²) in [5, 5.41) is 0. The van der Waals surface area contributed by atoms with Gasteiger partial charge in [0.2, 0.25) is 0 Å². The second-order valence-corrected chi connectivity index (χ2v) is 2.26. The summed E-state index contributed by atoms with van der Waals surface area (Å²) in [6.45, 7) is 0. The molecule has 1 atom stereocenters. The summed E-state index contributed by atoms with van der Waals surface area (Å²) in [5.74, 6) is -2.85. The summed E-state index contributed by atoms with van der Waals surface area (Å²) in [5.41, 5.74) is 0. The lowest BCUT2D eigenvalue weighted by molar-refractivity contribution is -0.167. The number of alkyl halides is 3. The van der Waals surface area contributed by atoms with Crippen molar-refractivity contribution in [3.63, 3.8) is 0 Å². The van der Waals surface area contributed by atoms with E-state index in [0.29, 0.717) is 0 Å². The van der Waals surface area contributed by atoms with Crippen LogP contribution in [0.1, 0.15) is 12.8 Å². The van der Waals surface area contributed by atoms with E-state index in [1.54, 1.807) is 0 Å². The highest BCUT2D eigenvalue weighted by molar-refractivity contribution is 5.06. The van der Waals surface area contributed by atoms with Gasteiger partial charge in [0, 0.05) is 0 Å². The van der Waals surface area contributed by atoms with Gasteiger partial charge in [-0.1, -0.05) is 6.08 Å². The first kappa shape index (κ1) is 7.57. The quantitative estimate of drug-likeness (QED) is 0.470. The average Bonchev–Trinajstić information content (AvgIpc) is 2.11. The van der Waals surface area contributed by atoms with Crippen molar-refractivity contribution in [1.82, 2.24) is 0 Å². The van der Waals surface area contributed by atoms with E-state index in [2.05, 4.69) is 0 Å². The third kappa shape index (κ3) is 1.30. The zero-order valence-electron chi connectivity index (χ0n) is 5.08. The van der Waals surface area contributed by atoms with Crippen LogP contribution in [0.4, 0.5) is 17.6 Å². The maximum Gasteiger partial charge on any atom is 0.397 e. The van der Waals surface area contributed by atoms with Gasteiger partial charge in [-0.25, -0.2) is 4.39 Å². The normalized spacial score (nSPS) is 26.8. The van der Waals surface area contributed by atoms with E-state index in [4.69, 9.17) is 0 Å². The molecule has 0 aromatic heterocycles. The molecular formula is C6H6F4. The molecule has 0 N–H and O–H groups in total. The van der Waals surface area contributed by atoms with Crippen LogP contribution in [0.15, 0.2) is 11.9 Å². The lowest BCUT2D eigenvalue weighted by Gasteiger charge is -2.12. The number of halogens is 4. The van der Waals surface area contributed by atoms with Crippen molar-refractivity contribution in [2.24, 2.45) is 5.92 Å². The van der Waals surface area contributed by atoms with Gasteiger partial charge >= 0.3 is 6.18 Å². The topological polar surface area (TPSA) is 0 Å². The van der Waals surface area contributed by atoms with Crippen LogP contribution in [0.3, 0.4) is 0 Å². The molecule has 0 fully saturated rings. The van der Waals surface area contributed by atoms with Crippen LogP contribution in [0.25, 0.3) is 0 Å². The number of hydrogen-bond donors (Lipinski definition) is 0. The smallest absolute Gasteiger partial charge is 0.212 e. The van der Waals surface area contributed by atoms with Crippen LogP contribution in [-0.2, 0) is 0 Å². The molecule has 1 rings (SSSR count). The van der Waals surface area contributed by atoms with Crippen LogP contribution < -0.4 is 0 Å². The summed E-state index contributed by atoms with van der Waals surface area (Å²) in [7, 11) is 0. The van der Waals surface area contributed by atoms with Gasteiger partial charge in [0.05, 0.1) is 0 Å². The van der Waals surface area contributed by atoms with Gasteiger partial charge in [-0.3, -0.25) is 0 Å². The Labute approximate surface area is 55.5 Å². The van der Waals surface area contributed by atoms with Gasteiger partial charge in [0.25, 0.3) is 0 Å². The maximum absolute atomic E-state index is 12.2. The Morgan fingerprint density at radius 1 is 1.40 bits per heavy atom. The molecule has 0 saturated heterocycles. The molecule has 0 saturated carbocycles. The Hall–Kier alpha value is -0.540. The molecule has 4 heteroatoms. The Morgan fingerprint density at radius 3 is 2.20 bits per heavy atom. The average molecular weight is 154 g/mol. The zero-order chi connectivity index (χ0) is 7.78. The van der Waals surface area contributed by atoms with E-state index in [9.17, 15) is 17.6 Å². The molecule has 0 heterocycles. The van der Waals surface area contributed by atoms with Gasteiger partial charge in [-0.05, 0) is 12.8 Å². The molecule has 0 aliphatic heterocycles. The second kappa shape index (κ2) is 2.25. The Bertz CT molecular complexity index is 156. The molecule has 0 spiro atoms. The van der Waals surface area contributed by atoms with E-state index < -0.39 is 17.9 Å². The van der Waals surface area contributed by atoms with Crippen molar-refractivity contribution < 1.29 is 17.6 Å². The van der Waals surface area contributed by atoms with E-state index in [1.807, 2.05) is 0 Å². The van der Waals surface area contributed by atoms with E-state index in [1.165, 1.54) is 0 Å². The fraction of sp³-hybridized carbons (Fsp3) is 0.667. The molecule has 1 aliphatic carbocycles. The van der Waals surface area contributed by atoms with Gasteiger partial charge < -0.3 is 0 Å². The number of hydrogen-bond acceptors (Lipinski definition) is 0. The predicted molar refractivity (Wildman–Crippen MR) is 28.0 cm³/mol. The van der Waals surface area contributed by atoms with Crippen molar-refractivity contribution in [3.05, 3.63) is 11.9 Å². The number of rotatable bonds is 0. The van der Waals surface area contributed by atoms with Crippen molar-refractivity contribution in [3.8, 4) is 0 Å². The lowest BCUT2D eigenvalue weighted by Crippen LogP contribution is -2.20. The molecule has 0 nitrogen and oxygen atoms in total. The number of allylic oxidation sites excluding steroid dienone is 2.